The van der Waals surface area contributed by atoms with Crippen LogP contribution in [0.2, 0.25) is 0 Å². The summed E-state index contributed by atoms with van der Waals surface area (Å²) in [5.41, 5.74) is 3.72. The highest BCUT2D eigenvalue weighted by atomic mass is 16.5. The van der Waals surface area contributed by atoms with Gasteiger partial charge in [0, 0.05) is 12.1 Å². The van der Waals surface area contributed by atoms with E-state index in [-0.39, 0.29) is 29.4 Å². The van der Waals surface area contributed by atoms with Crippen molar-refractivity contribution in [2.75, 3.05) is 13.7 Å². The monoisotopic (exact) mass is 487 g/mol. The van der Waals surface area contributed by atoms with Crippen molar-refractivity contribution >= 4 is 17.4 Å². The summed E-state index contributed by atoms with van der Waals surface area (Å²) in [5, 5.41) is 21.6. The summed E-state index contributed by atoms with van der Waals surface area (Å²) in [6.45, 7) is 6.10. The summed E-state index contributed by atoms with van der Waals surface area (Å²) in [5.74, 6) is -0.948. The number of ether oxygens (including phenoxy) is 2. The summed E-state index contributed by atoms with van der Waals surface area (Å²) in [4.78, 5) is 28.1. The Morgan fingerprint density at radius 2 is 1.78 bits per heavy atom. The average molecular weight is 488 g/mol. The standard InChI is InChI=1S/C29H29NO6/c1-5-36-24-15-20(11-12-23(24)31)26-25(27(32)21-10-9-17(2)18(3)13-21)28(33)29(34)30(26)16-19-7-6-8-22(14-19)35-4/h6-15,26,31-32H,5,16H2,1-4H3/b27-25-. The number of Topliss-reactive ketones (excluding diaryl/α,β-unsaturated/α-hetero) is 1. The fraction of sp³-hybridized carbons (Fsp3) is 0.241. The highest BCUT2D eigenvalue weighted by Gasteiger charge is 2.46. The van der Waals surface area contributed by atoms with E-state index in [4.69, 9.17) is 9.47 Å². The minimum atomic E-state index is -0.891. The molecule has 0 aromatic heterocycles. The number of aryl methyl sites for hydroxylation is 2. The molecule has 1 aliphatic heterocycles. The molecule has 0 bridgehead atoms. The molecule has 1 unspecified atom stereocenters. The first kappa shape index (κ1) is 24.9. The van der Waals surface area contributed by atoms with E-state index < -0.39 is 17.7 Å². The minimum Gasteiger partial charge on any atom is -0.507 e. The Bertz CT molecular complexity index is 1360. The molecule has 1 amide bonds. The molecule has 1 saturated heterocycles. The van der Waals surface area contributed by atoms with Gasteiger partial charge >= 0.3 is 0 Å². The van der Waals surface area contributed by atoms with Gasteiger partial charge in [-0.05, 0) is 73.4 Å². The number of rotatable bonds is 7. The van der Waals surface area contributed by atoms with E-state index in [1.807, 2.05) is 32.0 Å². The van der Waals surface area contributed by atoms with Gasteiger partial charge < -0.3 is 24.6 Å². The SMILES string of the molecule is CCOc1cc(C2/C(=C(/O)c3ccc(C)c(C)c3)C(=O)C(=O)N2Cc2cccc(OC)c2)ccc1O. The van der Waals surface area contributed by atoms with E-state index in [9.17, 15) is 19.8 Å². The number of benzene rings is 3. The van der Waals surface area contributed by atoms with E-state index in [1.54, 1.807) is 50.4 Å². The molecule has 0 radical (unpaired) electrons. The van der Waals surface area contributed by atoms with Crippen molar-refractivity contribution in [1.29, 1.82) is 0 Å². The number of aliphatic hydroxyl groups is 1. The molecule has 0 aliphatic carbocycles. The lowest BCUT2D eigenvalue weighted by atomic mass is 9.94. The fourth-order valence-corrected chi connectivity index (χ4v) is 4.37. The van der Waals surface area contributed by atoms with Crippen molar-refractivity contribution in [2.24, 2.45) is 0 Å². The predicted octanol–water partition coefficient (Wildman–Crippen LogP) is 5.04. The maximum Gasteiger partial charge on any atom is 0.295 e. The average Bonchev–Trinajstić information content (AvgIpc) is 3.11. The first-order chi connectivity index (χ1) is 17.2. The van der Waals surface area contributed by atoms with Crippen LogP contribution in [0, 0.1) is 13.8 Å². The number of hydrogen-bond donors (Lipinski definition) is 2. The molecule has 0 saturated carbocycles. The van der Waals surface area contributed by atoms with Crippen LogP contribution in [0.1, 0.15) is 40.8 Å². The predicted molar refractivity (Wildman–Crippen MR) is 136 cm³/mol. The maximum absolute atomic E-state index is 13.3. The first-order valence-corrected chi connectivity index (χ1v) is 11.7. The van der Waals surface area contributed by atoms with Gasteiger partial charge in [0.2, 0.25) is 0 Å². The molecule has 7 heteroatoms. The van der Waals surface area contributed by atoms with Gasteiger partial charge in [0.05, 0.1) is 25.3 Å². The quantitative estimate of drug-likeness (QED) is 0.275. The van der Waals surface area contributed by atoms with Crippen LogP contribution in [0.5, 0.6) is 17.2 Å². The van der Waals surface area contributed by atoms with Gasteiger partial charge in [0.1, 0.15) is 11.5 Å². The second-order valence-electron chi connectivity index (χ2n) is 8.74. The maximum atomic E-state index is 13.3. The van der Waals surface area contributed by atoms with Crippen LogP contribution in [-0.2, 0) is 16.1 Å². The van der Waals surface area contributed by atoms with E-state index in [2.05, 4.69) is 0 Å². The Morgan fingerprint density at radius 1 is 1.00 bits per heavy atom. The number of nitrogens with zero attached hydrogens (tertiary/aromatic N) is 1. The van der Waals surface area contributed by atoms with E-state index in [0.717, 1.165) is 16.7 Å². The normalized spacial score (nSPS) is 16.9. The summed E-state index contributed by atoms with van der Waals surface area (Å²) in [6, 6.07) is 16.4. The van der Waals surface area contributed by atoms with Crippen LogP contribution in [-0.4, -0.2) is 40.5 Å². The van der Waals surface area contributed by atoms with E-state index in [0.29, 0.717) is 23.5 Å². The largest absolute Gasteiger partial charge is 0.507 e. The van der Waals surface area contributed by atoms with Crippen LogP contribution in [0.4, 0.5) is 0 Å². The second-order valence-corrected chi connectivity index (χ2v) is 8.74. The molecule has 1 fully saturated rings. The Labute approximate surface area is 210 Å². The molecular weight excluding hydrogens is 458 g/mol. The molecule has 1 atom stereocenters. The van der Waals surface area contributed by atoms with Gasteiger partial charge in [-0.3, -0.25) is 9.59 Å². The summed E-state index contributed by atoms with van der Waals surface area (Å²) >= 11 is 0. The Kier molecular flexibility index (Phi) is 7.01. The fourth-order valence-electron chi connectivity index (χ4n) is 4.37. The van der Waals surface area contributed by atoms with Crippen molar-refractivity contribution < 1.29 is 29.3 Å². The summed E-state index contributed by atoms with van der Waals surface area (Å²) in [6.07, 6.45) is 0. The lowest BCUT2D eigenvalue weighted by Gasteiger charge is -2.26. The number of ketones is 1. The van der Waals surface area contributed by atoms with E-state index >= 15 is 0 Å². The number of methoxy groups -OCH3 is 1. The van der Waals surface area contributed by atoms with Gasteiger partial charge in [-0.1, -0.05) is 30.3 Å². The molecule has 36 heavy (non-hydrogen) atoms. The van der Waals surface area contributed by atoms with E-state index in [1.165, 1.54) is 11.0 Å². The third kappa shape index (κ3) is 4.64. The number of amides is 1. The second kappa shape index (κ2) is 10.2. The number of carbonyl (C=O) groups excluding carboxylic acids is 2. The molecular formula is C29H29NO6. The number of phenols is 1. The van der Waals surface area contributed by atoms with Crippen LogP contribution >= 0.6 is 0 Å². The molecule has 4 rings (SSSR count). The minimum absolute atomic E-state index is 0.0145. The van der Waals surface area contributed by atoms with Gasteiger partial charge in [-0.2, -0.15) is 0 Å². The van der Waals surface area contributed by atoms with Gasteiger partial charge in [0.15, 0.2) is 11.5 Å². The highest BCUT2D eigenvalue weighted by Crippen LogP contribution is 2.42. The zero-order chi connectivity index (χ0) is 26.0. The number of aromatic hydroxyl groups is 1. The molecule has 186 valence electrons. The van der Waals surface area contributed by atoms with Gasteiger partial charge in [0.25, 0.3) is 11.7 Å². The van der Waals surface area contributed by atoms with Gasteiger partial charge in [-0.15, -0.1) is 0 Å². The Balaban J connectivity index is 1.89. The van der Waals surface area contributed by atoms with Crippen LogP contribution < -0.4 is 9.47 Å². The Morgan fingerprint density at radius 3 is 2.47 bits per heavy atom. The van der Waals surface area contributed by atoms with Crippen LogP contribution in [0.15, 0.2) is 66.2 Å². The number of likely N-dealkylation sites (tertiary alicyclic amines) is 1. The zero-order valence-corrected chi connectivity index (χ0v) is 20.7. The number of phenolic OH excluding ortho intramolecular Hbond substituents is 1. The summed E-state index contributed by atoms with van der Waals surface area (Å²) in [7, 11) is 1.56. The molecule has 1 heterocycles. The third-order valence-corrected chi connectivity index (χ3v) is 6.41. The third-order valence-electron chi connectivity index (χ3n) is 6.41. The lowest BCUT2D eigenvalue weighted by molar-refractivity contribution is -0.140. The highest BCUT2D eigenvalue weighted by molar-refractivity contribution is 6.46. The van der Waals surface area contributed by atoms with Gasteiger partial charge in [-0.25, -0.2) is 0 Å². The molecule has 3 aromatic rings. The molecule has 2 N–H and O–H groups in total. The number of hydrogen-bond acceptors (Lipinski definition) is 6. The van der Waals surface area contributed by atoms with Crippen molar-refractivity contribution in [2.45, 2.75) is 33.4 Å². The molecule has 1 aliphatic rings. The smallest absolute Gasteiger partial charge is 0.295 e. The van der Waals surface area contributed by atoms with Crippen LogP contribution in [0.25, 0.3) is 5.76 Å². The Hall–Kier alpha value is -4.26. The lowest BCUT2D eigenvalue weighted by Crippen LogP contribution is -2.29. The molecule has 7 nitrogen and oxygen atoms in total. The number of carbonyl (C=O) groups is 2. The van der Waals surface area contributed by atoms with Crippen molar-refractivity contribution in [3.8, 4) is 17.2 Å². The van der Waals surface area contributed by atoms with Crippen molar-refractivity contribution in [3.05, 3.63) is 94.1 Å². The first-order valence-electron chi connectivity index (χ1n) is 11.7. The number of aliphatic hydroxyl groups excluding tert-OH is 1. The topological polar surface area (TPSA) is 96.3 Å². The van der Waals surface area contributed by atoms with Crippen molar-refractivity contribution in [3.63, 3.8) is 0 Å². The van der Waals surface area contributed by atoms with Crippen LogP contribution in [0.3, 0.4) is 0 Å². The van der Waals surface area contributed by atoms with Crippen molar-refractivity contribution in [1.82, 2.24) is 4.90 Å². The molecule has 0 spiro atoms. The zero-order valence-electron chi connectivity index (χ0n) is 20.7. The molecule has 3 aromatic carbocycles. The summed E-state index contributed by atoms with van der Waals surface area (Å²) < 4.78 is 10.9.